The topological polar surface area (TPSA) is 185 Å². The first kappa shape index (κ1) is 80.9. The second kappa shape index (κ2) is 38.1. The van der Waals surface area contributed by atoms with E-state index in [1.165, 1.54) is 0 Å². The summed E-state index contributed by atoms with van der Waals surface area (Å²) >= 11 is 0. The Balaban J connectivity index is 0.0000116. The van der Waals surface area contributed by atoms with E-state index in [-0.39, 0.29) is 64.6 Å². The molecular weight excluding hydrogens is 1490 g/mol. The van der Waals surface area contributed by atoms with Gasteiger partial charge in [0.15, 0.2) is 0 Å². The Bertz CT molecular complexity index is 5380. The van der Waals surface area contributed by atoms with E-state index in [0.717, 1.165) is 120 Å². The predicted molar refractivity (Wildman–Crippen MR) is 446 cm³/mol. The van der Waals surface area contributed by atoms with E-state index >= 15 is 0 Å². The van der Waals surface area contributed by atoms with Crippen molar-refractivity contribution in [2.75, 3.05) is 33.0 Å². The monoisotopic (exact) mass is 1590 g/mol. The molecule has 0 amide bonds. The van der Waals surface area contributed by atoms with Gasteiger partial charge in [0.05, 0.1) is 83.6 Å². The van der Waals surface area contributed by atoms with Crippen LogP contribution in [0.1, 0.15) is 227 Å². The van der Waals surface area contributed by atoms with Crippen LogP contribution in [-0.4, -0.2) is 72.8 Å². The Morgan fingerprint density at radius 2 is 0.491 bits per heavy atom. The maximum atomic E-state index is 14.9. The number of aromatic nitrogens is 4. The number of hydrogen-bond donors (Lipinski definition) is 0. The van der Waals surface area contributed by atoms with Crippen LogP contribution >= 0.6 is 0 Å². The minimum atomic E-state index is -0.615. The third kappa shape index (κ3) is 17.5. The van der Waals surface area contributed by atoms with Gasteiger partial charge in [0, 0.05) is 22.3 Å². The van der Waals surface area contributed by atoms with Crippen molar-refractivity contribution < 1.29 is 68.1 Å². The van der Waals surface area contributed by atoms with Crippen molar-refractivity contribution in [1.29, 1.82) is 0 Å². The number of benzene rings is 8. The molecule has 10 aromatic rings. The van der Waals surface area contributed by atoms with Crippen molar-refractivity contribution in [3.05, 3.63) is 214 Å². The molecule has 14 nitrogen and oxygen atoms in total. The summed E-state index contributed by atoms with van der Waals surface area (Å²) < 4.78 is 30.5. The maximum Gasteiger partial charge on any atom is 2.00 e. The molecule has 0 spiro atoms. The number of hydrogen-bond acceptors (Lipinski definition) is 12. The average Bonchev–Trinajstić information content (AvgIpc) is 1.56. The van der Waals surface area contributed by atoms with Crippen LogP contribution in [0.2, 0.25) is 0 Å². The molecule has 8 aromatic carbocycles. The molecule has 2 aliphatic heterocycles. The summed E-state index contributed by atoms with van der Waals surface area (Å²) in [5.74, 6) is -2.56. The predicted octanol–water partition coefficient (Wildman–Crippen LogP) is 24.0. The van der Waals surface area contributed by atoms with Gasteiger partial charge >= 0.3 is 50.3 Å². The zero-order valence-electron chi connectivity index (χ0n) is 65.8. The van der Waals surface area contributed by atoms with Gasteiger partial charge in [-0.3, -0.25) is 0 Å². The van der Waals surface area contributed by atoms with Crippen LogP contribution in [0, 0.1) is 0 Å². The zero-order valence-corrected chi connectivity index (χ0v) is 67.4. The molecule has 13 rings (SSSR count). The standard InChI is InChI=1S/C97H100N4O10.Pd/c1-9-17-33-61-49-64(55-68(52-61)93(102)107-44-20-12-4)81-85-73-36-25-27-38-75(73)87(98-85)82(65-50-62(34-18-10-2)53-69(56-65)94(103)108-45-21-13-5)89-77-40-29-31-42-79(77)91(100-89)84(67-58-71(96(105)110-47-23-15-7)60-72(59-67)97(106)111-48-24-16-8)92-80-43-32-30-41-78(80)90(101-92)83(88-76-39-28-26-37-74(76)86(81)99-88)66-51-63(35-19-11-3)54-70(57-66)95(104)109-46-22-14-6;/h25-32,36-43,49-60H,9-24,33-35,44-48H2,1-8H3;/q-2;+2. The number of carbonyl (C=O) groups excluding carboxylic acids is 5. The van der Waals surface area contributed by atoms with Gasteiger partial charge in [0.25, 0.3) is 0 Å². The molecule has 0 atom stereocenters. The van der Waals surface area contributed by atoms with Crippen LogP contribution in [0.4, 0.5) is 0 Å². The minimum absolute atomic E-state index is 0. The summed E-state index contributed by atoms with van der Waals surface area (Å²) in [4.78, 5) is 98.7. The number of esters is 5. The summed E-state index contributed by atoms with van der Waals surface area (Å²) in [5, 5.41) is 2.99. The van der Waals surface area contributed by atoms with E-state index in [0.29, 0.717) is 168 Å². The van der Waals surface area contributed by atoms with E-state index in [1.807, 2.05) is 111 Å². The molecule has 0 saturated carbocycles. The third-order valence-corrected chi connectivity index (χ3v) is 20.9. The maximum absolute atomic E-state index is 14.9. The van der Waals surface area contributed by atoms with E-state index < -0.39 is 29.8 Å². The van der Waals surface area contributed by atoms with Gasteiger partial charge in [0.2, 0.25) is 0 Å². The van der Waals surface area contributed by atoms with E-state index in [2.05, 4.69) is 96.1 Å². The van der Waals surface area contributed by atoms with E-state index in [4.69, 9.17) is 43.6 Å². The van der Waals surface area contributed by atoms with Crippen LogP contribution in [0.15, 0.2) is 170 Å². The van der Waals surface area contributed by atoms with E-state index in [1.54, 1.807) is 18.2 Å². The van der Waals surface area contributed by atoms with Gasteiger partial charge in [-0.15, -0.1) is 22.1 Å². The SMILES string of the molecule is CCCCOC(=O)c1cc(CCCC)cc(-c2c3nc(c(-c4cc(CCCC)cc(C(=O)OCCCC)c4)c4[n-]c(c(-c5cc(C(=O)OCCCC)cc(C(=O)OCCCC)c5)c5nc(c(-c6cc(CCCC)cc(C(=O)OCCCC)c6)c6[n-]c2c2ccccc62)-c2ccccc2-5)c2ccccc42)-c2ccccc2-3)c1.[Pd+2]. The van der Waals surface area contributed by atoms with Crippen molar-refractivity contribution in [2.24, 2.45) is 0 Å². The number of ether oxygens (including phenoxy) is 5. The summed E-state index contributed by atoms with van der Waals surface area (Å²) in [6.07, 6.45) is 14.7. The summed E-state index contributed by atoms with van der Waals surface area (Å²) in [6, 6.07) is 55.8. The molecule has 1 aliphatic carbocycles. The first-order chi connectivity index (χ1) is 54.3. The smallest absolute Gasteiger partial charge is 0.656 e. The minimum Gasteiger partial charge on any atom is -0.656 e. The number of nitrogens with zero attached hydrogens (tertiary/aromatic N) is 4. The molecule has 0 unspecified atom stereocenters. The van der Waals surface area contributed by atoms with Gasteiger partial charge in [-0.2, -0.15) is 0 Å². The molecule has 15 heteroatoms. The fourth-order valence-electron chi connectivity index (χ4n) is 15.0. The van der Waals surface area contributed by atoms with Crippen molar-refractivity contribution in [1.82, 2.24) is 19.9 Å². The first-order valence-corrected chi connectivity index (χ1v) is 40.5. The Morgan fingerprint density at radius 3 is 0.723 bits per heavy atom. The average molecular weight is 1590 g/mol. The normalized spacial score (nSPS) is 11.5. The third-order valence-electron chi connectivity index (χ3n) is 20.9. The van der Waals surface area contributed by atoms with Crippen molar-refractivity contribution in [2.45, 2.75) is 177 Å². The molecule has 0 radical (unpaired) electrons. The van der Waals surface area contributed by atoms with Crippen LogP contribution < -0.4 is 9.97 Å². The number of rotatable bonds is 33. The summed E-state index contributed by atoms with van der Waals surface area (Å²) in [6.45, 7) is 17.8. The molecule has 112 heavy (non-hydrogen) atoms. The number of aryl methyl sites for hydroxylation is 3. The largest absolute Gasteiger partial charge is 2.00 e. The molecule has 578 valence electrons. The number of unbranched alkanes of at least 4 members (excludes halogenated alkanes) is 8. The van der Waals surface area contributed by atoms with Gasteiger partial charge in [-0.1, -0.05) is 222 Å². The van der Waals surface area contributed by atoms with Gasteiger partial charge < -0.3 is 33.7 Å². The second-order valence-corrected chi connectivity index (χ2v) is 29.2. The van der Waals surface area contributed by atoms with Crippen molar-refractivity contribution >= 4 is 73.5 Å². The molecule has 4 heterocycles. The molecular formula is C97H100N4O10Pd. The van der Waals surface area contributed by atoms with E-state index in [9.17, 15) is 24.0 Å². The van der Waals surface area contributed by atoms with Gasteiger partial charge in [-0.05, 0) is 208 Å². The Labute approximate surface area is 671 Å². The van der Waals surface area contributed by atoms with Crippen LogP contribution in [0.5, 0.6) is 0 Å². The molecule has 2 aromatic heterocycles. The van der Waals surface area contributed by atoms with Crippen LogP contribution in [-0.2, 0) is 63.4 Å². The Morgan fingerprint density at radius 1 is 0.277 bits per heavy atom. The number of carbonyl (C=O) groups is 5. The first-order valence-electron chi connectivity index (χ1n) is 40.5. The fourth-order valence-corrected chi connectivity index (χ4v) is 15.0. The Kier molecular flexibility index (Phi) is 27.5. The zero-order chi connectivity index (χ0) is 77.5. The van der Waals surface area contributed by atoms with Crippen molar-refractivity contribution in [3.63, 3.8) is 0 Å². The molecule has 0 N–H and O–H groups in total. The quantitative estimate of drug-likeness (QED) is 0.0164. The molecule has 8 bridgehead atoms. The fraction of sp³-hybridized carbons (Fsp3) is 0.330. The van der Waals surface area contributed by atoms with Gasteiger partial charge in [-0.25, -0.2) is 33.9 Å². The van der Waals surface area contributed by atoms with Crippen molar-refractivity contribution in [3.8, 4) is 89.5 Å². The molecule has 3 aliphatic rings. The Hall–Kier alpha value is -10.6. The summed E-state index contributed by atoms with van der Waals surface area (Å²) in [5.41, 5.74) is 16.3. The second-order valence-electron chi connectivity index (χ2n) is 29.2. The summed E-state index contributed by atoms with van der Waals surface area (Å²) in [7, 11) is 0. The molecule has 0 saturated heterocycles. The van der Waals surface area contributed by atoms with Gasteiger partial charge in [0.1, 0.15) is 0 Å². The van der Waals surface area contributed by atoms with Crippen LogP contribution in [0.25, 0.3) is 133 Å². The molecule has 0 fully saturated rings. The van der Waals surface area contributed by atoms with Crippen LogP contribution in [0.3, 0.4) is 0 Å².